The van der Waals surface area contributed by atoms with Crippen molar-refractivity contribution in [2.75, 3.05) is 0 Å². The molecule has 19 rings (SSSR count). The Bertz CT molecular complexity index is 6770. The highest BCUT2D eigenvalue weighted by Crippen LogP contribution is 2.57. The second-order valence-corrected chi connectivity index (χ2v) is 50.4. The Kier molecular flexibility index (Phi) is 27.6. The van der Waals surface area contributed by atoms with E-state index in [0.717, 1.165) is 106 Å². The first kappa shape index (κ1) is 101. The van der Waals surface area contributed by atoms with Crippen LogP contribution in [0.3, 0.4) is 0 Å². The number of nitrogens with zero attached hydrogens (tertiary/aromatic N) is 6. The molecular formula is C140H148N6. The molecule has 2 fully saturated rings. The maximum Gasteiger partial charge on any atom is 0.0885 e. The quantitative estimate of drug-likeness (QED) is 0.0852. The SMILES string of the molecule is CC(C)(C)c1ccnc(-c2ccc(-c3cc(C(C)(C)C)ccc3C3CC(c4ccccc4-c4ccc(-c5cnc(-c6ccc(-c7ccccc7C7CC(c8ccc(C(C)(C)C)cc8-c8ccc(-c9cc(C(C)(C)C)ccn9)cc8)CC(c8ccc(C(C)(C)C)cc8-c8ccc(-c9cc(C(C)(C)C)ccn9)cc8)C7)cc6)cn5)cc4)CC(c4ccc(C(C)(C)C)cc4-c4ccc(-c5cc(C(C)(C)C)ccn5)cc4)C3)cc2)c1. The molecule has 5 heterocycles. The van der Waals surface area contributed by atoms with Crippen LogP contribution < -0.4 is 0 Å². The predicted molar refractivity (Wildman–Crippen MR) is 618 cm³/mol. The molecule has 0 bridgehead atoms. The topological polar surface area (TPSA) is 77.3 Å². The lowest BCUT2D eigenvalue weighted by Gasteiger charge is -2.39. The Morgan fingerprint density at radius 3 is 0.507 bits per heavy atom. The van der Waals surface area contributed by atoms with Gasteiger partial charge in [0.15, 0.2) is 0 Å². The summed E-state index contributed by atoms with van der Waals surface area (Å²) >= 11 is 0. The lowest BCUT2D eigenvalue weighted by Crippen LogP contribution is -2.22. The molecule has 146 heavy (non-hydrogen) atoms. The fraction of sp³-hybridized carbons (Fsp3) is 0.314. The van der Waals surface area contributed by atoms with E-state index in [4.69, 9.17) is 29.9 Å². The van der Waals surface area contributed by atoms with Gasteiger partial charge >= 0.3 is 0 Å². The molecule has 2 aliphatic rings. The fourth-order valence-corrected chi connectivity index (χ4v) is 22.7. The summed E-state index contributed by atoms with van der Waals surface area (Å²) in [6.45, 7) is 55.5. The predicted octanol–water partition coefficient (Wildman–Crippen LogP) is 38.1. The molecule has 0 spiro atoms. The van der Waals surface area contributed by atoms with Gasteiger partial charge in [0.05, 0.1) is 46.6 Å². The third-order valence-electron chi connectivity index (χ3n) is 31.8. The molecule has 2 saturated carbocycles. The van der Waals surface area contributed by atoms with Gasteiger partial charge in [-0.3, -0.25) is 29.9 Å². The zero-order valence-corrected chi connectivity index (χ0v) is 90.9. The molecule has 5 aromatic heterocycles. The van der Waals surface area contributed by atoms with Crippen molar-refractivity contribution < 1.29 is 0 Å². The molecule has 738 valence electrons. The highest BCUT2D eigenvalue weighted by molar-refractivity contribution is 5.81. The molecule has 0 amide bonds. The van der Waals surface area contributed by atoms with Gasteiger partial charge in [0.25, 0.3) is 0 Å². The summed E-state index contributed by atoms with van der Waals surface area (Å²) in [5.41, 5.74) is 45.9. The Labute approximate surface area is 872 Å². The average Bonchev–Trinajstić information content (AvgIpc) is 0.757. The normalized spacial score (nSPS) is 16.7. The van der Waals surface area contributed by atoms with Gasteiger partial charge in [-0.05, 0) is 311 Å². The zero-order chi connectivity index (χ0) is 103. The van der Waals surface area contributed by atoms with Gasteiger partial charge in [-0.15, -0.1) is 0 Å². The Morgan fingerprint density at radius 1 is 0.151 bits per heavy atom. The van der Waals surface area contributed by atoms with E-state index in [1.807, 2.05) is 37.2 Å². The lowest BCUT2D eigenvalue weighted by atomic mass is 9.65. The number of hydrogen-bond acceptors (Lipinski definition) is 6. The van der Waals surface area contributed by atoms with Crippen LogP contribution in [0.2, 0.25) is 0 Å². The van der Waals surface area contributed by atoms with Crippen molar-refractivity contribution >= 4 is 0 Å². The van der Waals surface area contributed by atoms with Gasteiger partial charge in [-0.25, -0.2) is 0 Å². The summed E-state index contributed by atoms with van der Waals surface area (Å²) in [6.07, 6.45) is 17.8. The van der Waals surface area contributed by atoms with Crippen LogP contribution in [0.4, 0.5) is 0 Å². The number of aromatic nitrogens is 6. The molecular weight excluding hydrogens is 1770 g/mol. The molecule has 17 aromatic rings. The van der Waals surface area contributed by atoms with Crippen molar-refractivity contribution in [3.05, 3.63) is 431 Å². The summed E-state index contributed by atoms with van der Waals surface area (Å²) in [6, 6.07) is 122. The van der Waals surface area contributed by atoms with E-state index in [0.29, 0.717) is 0 Å². The van der Waals surface area contributed by atoms with Gasteiger partial charge in [0.1, 0.15) is 0 Å². The molecule has 6 nitrogen and oxygen atoms in total. The molecule has 0 radical (unpaired) electrons. The number of benzene rings is 12. The molecule has 0 aliphatic heterocycles. The smallest absolute Gasteiger partial charge is 0.0885 e. The van der Waals surface area contributed by atoms with Gasteiger partial charge in [-0.1, -0.05) is 433 Å². The highest BCUT2D eigenvalue weighted by atomic mass is 14.8. The minimum absolute atomic E-state index is 0.00359. The van der Waals surface area contributed by atoms with E-state index >= 15 is 0 Å². The van der Waals surface area contributed by atoms with E-state index in [-0.39, 0.29) is 78.8 Å². The summed E-state index contributed by atoms with van der Waals surface area (Å²) in [5.74, 6) is 1.32. The van der Waals surface area contributed by atoms with E-state index in [2.05, 4.69) is 482 Å². The molecule has 6 heteroatoms. The number of pyridine rings is 4. The largest absolute Gasteiger partial charge is 0.256 e. The van der Waals surface area contributed by atoms with Crippen LogP contribution in [-0.2, 0) is 43.3 Å². The fourth-order valence-electron chi connectivity index (χ4n) is 22.7. The minimum atomic E-state index is -0.0660. The Hall–Kier alpha value is -13.7. The second-order valence-electron chi connectivity index (χ2n) is 50.4. The first-order valence-electron chi connectivity index (χ1n) is 53.4. The van der Waals surface area contributed by atoms with Crippen molar-refractivity contribution in [3.8, 4) is 134 Å². The van der Waals surface area contributed by atoms with Crippen LogP contribution in [0.15, 0.2) is 353 Å². The number of rotatable bonds is 18. The first-order chi connectivity index (χ1) is 69.3. The van der Waals surface area contributed by atoms with Crippen molar-refractivity contribution in [2.24, 2.45) is 0 Å². The molecule has 4 unspecified atom stereocenters. The van der Waals surface area contributed by atoms with Crippen molar-refractivity contribution in [3.63, 3.8) is 0 Å². The Morgan fingerprint density at radius 2 is 0.315 bits per heavy atom. The van der Waals surface area contributed by atoms with Gasteiger partial charge in [0, 0.05) is 58.2 Å². The summed E-state index contributed by atoms with van der Waals surface area (Å²) < 4.78 is 0. The Balaban J connectivity index is 0.637. The maximum absolute atomic E-state index is 5.23. The van der Waals surface area contributed by atoms with Gasteiger partial charge in [-0.2, -0.15) is 0 Å². The lowest BCUT2D eigenvalue weighted by molar-refractivity contribution is 0.352. The maximum atomic E-state index is 5.23. The van der Waals surface area contributed by atoms with Crippen LogP contribution in [0.5, 0.6) is 0 Å². The first-order valence-corrected chi connectivity index (χ1v) is 53.4. The molecule has 4 atom stereocenters. The summed E-state index contributed by atoms with van der Waals surface area (Å²) in [7, 11) is 0. The van der Waals surface area contributed by atoms with Gasteiger partial charge < -0.3 is 0 Å². The molecule has 2 aliphatic carbocycles. The summed E-state index contributed by atoms with van der Waals surface area (Å²) in [4.78, 5) is 30.2. The number of hydrogen-bond donors (Lipinski definition) is 0. The van der Waals surface area contributed by atoms with E-state index in [9.17, 15) is 0 Å². The van der Waals surface area contributed by atoms with Crippen LogP contribution >= 0.6 is 0 Å². The zero-order valence-electron chi connectivity index (χ0n) is 90.9. The monoisotopic (exact) mass is 1910 g/mol. The standard InChI is InChI=1S/C140H148N6/c1-133(2,3)107-57-61-119(123(79-107)91-37-45-95(46-38-91)127-83-111(65-69-141-127)137(13,14)15)103-73-101(74-104(77-103)120-62-58-108(134(4,5)6)80-124(120)92-39-47-96(48-40-92)128-84-112(66-70-142-128)138(16,17)18)117-31-27-25-29-115(117)89-33-53-99(54-34-89)131-87-146-132(88-145-131)100-55-35-90(36-56-100)116-30-26-28-32-118(116)102-75-105(121-63-59-109(135(7,8)9)81-125(121)93-41-49-97(50-42-93)129-85-113(67-71-143-129)139(19,20)21)78-106(76-102)122-64-60-110(136(10,11)12)82-126(122)94-43-51-98(52-44-94)130-86-114(68-72-144-130)140(22,23)24/h25-72,79-88,101-106H,73-78H2,1-24H3. The summed E-state index contributed by atoms with van der Waals surface area (Å²) in [5, 5.41) is 0. The van der Waals surface area contributed by atoms with Crippen LogP contribution in [0, 0.1) is 0 Å². The van der Waals surface area contributed by atoms with Crippen molar-refractivity contribution in [1.82, 2.24) is 29.9 Å². The van der Waals surface area contributed by atoms with E-state index in [1.54, 1.807) is 0 Å². The van der Waals surface area contributed by atoms with Crippen molar-refractivity contribution in [2.45, 2.75) is 284 Å². The van der Waals surface area contributed by atoms with Crippen LogP contribution in [0.1, 0.15) is 318 Å². The van der Waals surface area contributed by atoms with Crippen LogP contribution in [-0.4, -0.2) is 29.9 Å². The third kappa shape index (κ3) is 22.1. The second kappa shape index (κ2) is 39.9. The van der Waals surface area contributed by atoms with Crippen molar-refractivity contribution in [1.29, 1.82) is 0 Å². The van der Waals surface area contributed by atoms with E-state index < -0.39 is 0 Å². The average molecular weight is 1910 g/mol. The highest BCUT2D eigenvalue weighted by Gasteiger charge is 2.40. The van der Waals surface area contributed by atoms with Crippen LogP contribution in [0.25, 0.3) is 134 Å². The molecule has 0 N–H and O–H groups in total. The third-order valence-corrected chi connectivity index (χ3v) is 31.8. The molecule has 12 aromatic carbocycles. The molecule has 0 saturated heterocycles. The van der Waals surface area contributed by atoms with E-state index in [1.165, 1.54) is 145 Å². The minimum Gasteiger partial charge on any atom is -0.256 e. The van der Waals surface area contributed by atoms with Gasteiger partial charge in [0.2, 0.25) is 0 Å².